The summed E-state index contributed by atoms with van der Waals surface area (Å²) in [5.74, 6) is 1.48. The van der Waals surface area contributed by atoms with Gasteiger partial charge in [0.1, 0.15) is 22.5 Å². The first-order chi connectivity index (χ1) is 13.5. The smallest absolute Gasteiger partial charge is 0.141 e. The summed E-state index contributed by atoms with van der Waals surface area (Å²) in [6.07, 6.45) is 1.67. The van der Waals surface area contributed by atoms with E-state index in [1.165, 1.54) is 14.2 Å². The van der Waals surface area contributed by atoms with Crippen LogP contribution in [0.15, 0.2) is 24.4 Å². The van der Waals surface area contributed by atoms with Crippen molar-refractivity contribution in [3.8, 4) is 22.8 Å². The van der Waals surface area contributed by atoms with Gasteiger partial charge in [0.05, 0.1) is 36.6 Å². The maximum Gasteiger partial charge on any atom is 0.141 e. The lowest BCUT2D eigenvalue weighted by atomic mass is 10.1. The molecule has 148 valence electrons. The first kappa shape index (κ1) is 20.7. The van der Waals surface area contributed by atoms with Crippen molar-refractivity contribution < 1.29 is 14.2 Å². The van der Waals surface area contributed by atoms with Crippen LogP contribution in [0.5, 0.6) is 11.5 Å². The van der Waals surface area contributed by atoms with Gasteiger partial charge in [-0.25, -0.2) is 9.97 Å². The predicted molar refractivity (Wildman–Crippen MR) is 113 cm³/mol. The minimum Gasteiger partial charge on any atom is -0.495 e. The first-order valence-corrected chi connectivity index (χ1v) is 9.43. The zero-order valence-electron chi connectivity index (χ0n) is 15.5. The number of fused-ring (bicyclic) bond motifs is 1. The fourth-order valence-electron chi connectivity index (χ4n) is 2.77. The molecule has 1 aromatic carbocycles. The molecule has 0 radical (unpaired) electrons. The highest BCUT2D eigenvalue weighted by atomic mass is 35.5. The number of benzene rings is 1. The summed E-state index contributed by atoms with van der Waals surface area (Å²) in [6.45, 7) is 1.08. The number of pyridine rings is 2. The molecule has 0 spiro atoms. The van der Waals surface area contributed by atoms with Crippen LogP contribution in [0.2, 0.25) is 15.2 Å². The number of rotatable bonds is 7. The minimum atomic E-state index is 0.338. The number of hydrogen-bond acceptors (Lipinski definition) is 6. The number of halogens is 3. The highest BCUT2D eigenvalue weighted by Crippen LogP contribution is 2.46. The SMILES string of the molecule is COCCNc1nc(-c2c(Cl)c(OC)cc(OC)c2Cl)cc2cnc(Cl)cc12. The molecule has 3 aromatic rings. The van der Waals surface area contributed by atoms with E-state index in [1.807, 2.05) is 6.07 Å². The maximum atomic E-state index is 6.55. The number of aromatic nitrogens is 2. The van der Waals surface area contributed by atoms with E-state index in [1.54, 1.807) is 25.4 Å². The Morgan fingerprint density at radius 1 is 0.964 bits per heavy atom. The second-order valence-corrected chi connectivity index (χ2v) is 6.93. The Bertz CT molecular complexity index is 987. The molecule has 0 aliphatic heterocycles. The van der Waals surface area contributed by atoms with E-state index >= 15 is 0 Å². The van der Waals surface area contributed by atoms with Gasteiger partial charge >= 0.3 is 0 Å². The van der Waals surface area contributed by atoms with Crippen molar-refractivity contribution in [2.75, 3.05) is 39.8 Å². The third kappa shape index (κ3) is 4.05. The minimum absolute atomic E-state index is 0.338. The summed E-state index contributed by atoms with van der Waals surface area (Å²) in [4.78, 5) is 8.89. The lowest BCUT2D eigenvalue weighted by molar-refractivity contribution is 0.210. The third-order valence-electron chi connectivity index (χ3n) is 4.11. The Labute approximate surface area is 177 Å². The first-order valence-electron chi connectivity index (χ1n) is 8.29. The molecule has 2 heterocycles. The monoisotopic (exact) mass is 441 g/mol. The van der Waals surface area contributed by atoms with Crippen molar-refractivity contribution in [2.45, 2.75) is 0 Å². The van der Waals surface area contributed by atoms with E-state index in [9.17, 15) is 0 Å². The van der Waals surface area contributed by atoms with Gasteiger partial charge in [-0.05, 0) is 12.1 Å². The molecule has 2 aromatic heterocycles. The van der Waals surface area contributed by atoms with E-state index in [2.05, 4.69) is 10.3 Å². The topological polar surface area (TPSA) is 65.5 Å². The quantitative estimate of drug-likeness (QED) is 0.394. The van der Waals surface area contributed by atoms with Crippen molar-refractivity contribution >= 4 is 51.4 Å². The Morgan fingerprint density at radius 3 is 2.25 bits per heavy atom. The van der Waals surface area contributed by atoms with Gasteiger partial charge in [0.2, 0.25) is 0 Å². The van der Waals surface area contributed by atoms with Gasteiger partial charge in [0.15, 0.2) is 0 Å². The van der Waals surface area contributed by atoms with Crippen LogP contribution < -0.4 is 14.8 Å². The Morgan fingerprint density at radius 2 is 1.64 bits per heavy atom. The zero-order valence-corrected chi connectivity index (χ0v) is 17.7. The summed E-state index contributed by atoms with van der Waals surface area (Å²) < 4.78 is 15.8. The Kier molecular flexibility index (Phi) is 6.67. The molecule has 0 aliphatic rings. The van der Waals surface area contributed by atoms with Crippen LogP contribution in [0.1, 0.15) is 0 Å². The van der Waals surface area contributed by atoms with Crippen LogP contribution in [0.3, 0.4) is 0 Å². The van der Waals surface area contributed by atoms with Crippen molar-refractivity contribution in [2.24, 2.45) is 0 Å². The van der Waals surface area contributed by atoms with Gasteiger partial charge in [-0.2, -0.15) is 0 Å². The number of ether oxygens (including phenoxy) is 3. The van der Waals surface area contributed by atoms with Crippen LogP contribution >= 0.6 is 34.8 Å². The molecule has 0 saturated carbocycles. The predicted octanol–water partition coefficient (Wildman–Crippen LogP) is 5.33. The van der Waals surface area contributed by atoms with Crippen LogP contribution in [0, 0.1) is 0 Å². The van der Waals surface area contributed by atoms with Crippen molar-refractivity contribution in [1.82, 2.24) is 9.97 Å². The molecule has 0 saturated heterocycles. The van der Waals surface area contributed by atoms with Gasteiger partial charge < -0.3 is 19.5 Å². The van der Waals surface area contributed by atoms with Crippen LogP contribution in [-0.2, 0) is 4.74 Å². The van der Waals surface area contributed by atoms with E-state index in [-0.39, 0.29) is 0 Å². The Balaban J connectivity index is 2.25. The van der Waals surface area contributed by atoms with Crippen LogP contribution in [-0.4, -0.2) is 44.4 Å². The molecule has 3 rings (SSSR count). The molecule has 0 atom stereocenters. The lowest BCUT2D eigenvalue weighted by Gasteiger charge is -2.16. The molecular weight excluding hydrogens is 425 g/mol. The van der Waals surface area contributed by atoms with Crippen LogP contribution in [0.25, 0.3) is 22.0 Å². The maximum absolute atomic E-state index is 6.55. The number of nitrogens with zero attached hydrogens (tertiary/aromatic N) is 2. The highest BCUT2D eigenvalue weighted by molar-refractivity contribution is 6.41. The molecule has 9 heteroatoms. The number of methoxy groups -OCH3 is 3. The molecule has 6 nitrogen and oxygen atoms in total. The second-order valence-electron chi connectivity index (χ2n) is 5.79. The number of nitrogens with one attached hydrogen (secondary N) is 1. The fourth-order valence-corrected chi connectivity index (χ4v) is 3.62. The highest BCUT2D eigenvalue weighted by Gasteiger charge is 2.21. The molecule has 0 fully saturated rings. The van der Waals surface area contributed by atoms with Crippen molar-refractivity contribution in [3.63, 3.8) is 0 Å². The number of anilines is 1. The molecule has 0 aliphatic carbocycles. The molecule has 0 bridgehead atoms. The summed E-state index contributed by atoms with van der Waals surface area (Å²) in [7, 11) is 4.68. The Hall–Kier alpha value is -1.99. The lowest BCUT2D eigenvalue weighted by Crippen LogP contribution is -2.09. The van der Waals surface area contributed by atoms with E-state index < -0.39 is 0 Å². The second kappa shape index (κ2) is 9.01. The van der Waals surface area contributed by atoms with Crippen molar-refractivity contribution in [3.05, 3.63) is 39.6 Å². The molecule has 1 N–H and O–H groups in total. The van der Waals surface area contributed by atoms with Gasteiger partial charge in [0, 0.05) is 42.3 Å². The average Bonchev–Trinajstić information content (AvgIpc) is 2.69. The summed E-state index contributed by atoms with van der Waals surface area (Å²) in [6, 6.07) is 5.22. The molecule has 0 amide bonds. The fraction of sp³-hybridized carbons (Fsp3) is 0.263. The van der Waals surface area contributed by atoms with E-state index in [0.29, 0.717) is 56.9 Å². The number of hydrogen-bond donors (Lipinski definition) is 1. The summed E-state index contributed by atoms with van der Waals surface area (Å²) in [5, 5.41) is 5.94. The van der Waals surface area contributed by atoms with Gasteiger partial charge in [-0.3, -0.25) is 0 Å². The van der Waals surface area contributed by atoms with Crippen LogP contribution in [0.4, 0.5) is 5.82 Å². The largest absolute Gasteiger partial charge is 0.495 e. The normalized spacial score (nSPS) is 10.9. The third-order valence-corrected chi connectivity index (χ3v) is 5.07. The van der Waals surface area contributed by atoms with Gasteiger partial charge in [-0.15, -0.1) is 0 Å². The molecule has 28 heavy (non-hydrogen) atoms. The zero-order chi connectivity index (χ0) is 20.3. The molecular formula is C19H18Cl3N3O3. The van der Waals surface area contributed by atoms with E-state index in [0.717, 1.165) is 10.8 Å². The van der Waals surface area contributed by atoms with E-state index in [4.69, 9.17) is 54.0 Å². The summed E-state index contributed by atoms with van der Waals surface area (Å²) in [5.41, 5.74) is 1.05. The van der Waals surface area contributed by atoms with Gasteiger partial charge in [0.25, 0.3) is 0 Å². The molecule has 0 unspecified atom stereocenters. The summed E-state index contributed by atoms with van der Waals surface area (Å²) >= 11 is 19.2. The average molecular weight is 443 g/mol. The van der Waals surface area contributed by atoms with Gasteiger partial charge in [-0.1, -0.05) is 34.8 Å². The standard InChI is InChI=1S/C19H18Cl3N3O3/c1-26-5-4-23-19-11-7-15(20)24-9-10(11)6-12(25-19)16-17(21)13(27-2)8-14(28-3)18(16)22/h6-9H,4-5H2,1-3H3,(H,23,25). The van der Waals surface area contributed by atoms with Crippen molar-refractivity contribution in [1.29, 1.82) is 0 Å².